The Kier molecular flexibility index (Phi) is 22.1. The first-order valence-corrected chi connectivity index (χ1v) is 14.4. The van der Waals surface area contributed by atoms with Gasteiger partial charge in [-0.3, -0.25) is 4.18 Å². The van der Waals surface area contributed by atoms with Crippen LogP contribution in [-0.4, -0.2) is 21.3 Å². The van der Waals surface area contributed by atoms with Crippen molar-refractivity contribution in [1.29, 1.82) is 0 Å². The molecule has 0 aromatic carbocycles. The summed E-state index contributed by atoms with van der Waals surface area (Å²) in [5.41, 5.74) is 0. The van der Waals surface area contributed by atoms with Gasteiger partial charge >= 0.3 is 0 Å². The predicted octanol–water partition coefficient (Wildman–Crippen LogP) is 8.34. The highest BCUT2D eigenvalue weighted by Crippen LogP contribution is 2.13. The lowest BCUT2D eigenvalue weighted by molar-refractivity contribution is 0.309. The van der Waals surface area contributed by atoms with Crippen LogP contribution in [0.2, 0.25) is 0 Å². The van der Waals surface area contributed by atoms with Gasteiger partial charge in [-0.15, -0.1) is 0 Å². The van der Waals surface area contributed by atoms with E-state index in [1.54, 1.807) is 0 Å². The summed E-state index contributed by atoms with van der Waals surface area (Å²) in [7, 11) is -3.25. The number of allylic oxidation sites excluding steroid dienone is 2. The lowest BCUT2D eigenvalue weighted by atomic mass is 10.0. The molecule has 0 aliphatic rings. The molecule has 0 saturated heterocycles. The maximum Gasteiger partial charge on any atom is 0.264 e. The van der Waals surface area contributed by atoms with Crippen molar-refractivity contribution in [3.05, 3.63) is 12.2 Å². The van der Waals surface area contributed by atoms with Crippen LogP contribution < -0.4 is 0 Å². The molecule has 3 nitrogen and oxygen atoms in total. The van der Waals surface area contributed by atoms with Gasteiger partial charge in [0.2, 0.25) is 0 Å². The summed E-state index contributed by atoms with van der Waals surface area (Å²) in [6, 6.07) is 0. The molecule has 0 rings (SSSR count). The number of hydrogen-bond acceptors (Lipinski definition) is 3. The van der Waals surface area contributed by atoms with Gasteiger partial charge in [0.05, 0.1) is 12.9 Å². The van der Waals surface area contributed by atoms with Gasteiger partial charge in [-0.25, -0.2) is 0 Å². The Hall–Kier alpha value is -0.350. The van der Waals surface area contributed by atoms with Crippen LogP contribution in [0.1, 0.15) is 135 Å². The van der Waals surface area contributed by atoms with Gasteiger partial charge in [0.15, 0.2) is 0 Å². The minimum absolute atomic E-state index is 0.341. The van der Waals surface area contributed by atoms with E-state index in [-0.39, 0.29) is 0 Å². The molecule has 174 valence electrons. The third-order valence-corrected chi connectivity index (χ3v) is 6.05. The van der Waals surface area contributed by atoms with Crippen molar-refractivity contribution in [3.63, 3.8) is 0 Å². The second-order valence-corrected chi connectivity index (χ2v) is 10.2. The minimum Gasteiger partial charge on any atom is -0.270 e. The summed E-state index contributed by atoms with van der Waals surface area (Å²) in [6.07, 6.45) is 32.2. The summed E-state index contributed by atoms with van der Waals surface area (Å²) in [6.45, 7) is 2.62. The van der Waals surface area contributed by atoms with E-state index in [0.29, 0.717) is 6.61 Å². The lowest BCUT2D eigenvalue weighted by Gasteiger charge is -2.03. The molecule has 0 saturated carbocycles. The fourth-order valence-electron chi connectivity index (χ4n) is 3.62. The minimum atomic E-state index is -3.25. The van der Waals surface area contributed by atoms with Crippen LogP contribution in [0.3, 0.4) is 0 Å². The van der Waals surface area contributed by atoms with Crippen LogP contribution in [0, 0.1) is 0 Å². The van der Waals surface area contributed by atoms with E-state index < -0.39 is 10.1 Å². The molecule has 0 aliphatic heterocycles. The second kappa shape index (κ2) is 22.3. The molecule has 0 fully saturated rings. The van der Waals surface area contributed by atoms with E-state index in [2.05, 4.69) is 19.1 Å². The number of rotatable bonds is 23. The molecule has 0 heterocycles. The Labute approximate surface area is 183 Å². The van der Waals surface area contributed by atoms with E-state index in [4.69, 9.17) is 4.18 Å². The first-order chi connectivity index (χ1) is 14.1. The molecular weight excluding hydrogens is 380 g/mol. The Morgan fingerprint density at radius 3 is 1.28 bits per heavy atom. The van der Waals surface area contributed by atoms with E-state index in [9.17, 15) is 8.42 Å². The largest absolute Gasteiger partial charge is 0.270 e. The Morgan fingerprint density at radius 1 is 0.552 bits per heavy atom. The zero-order valence-electron chi connectivity index (χ0n) is 19.6. The summed E-state index contributed by atoms with van der Waals surface area (Å²) < 4.78 is 26.4. The van der Waals surface area contributed by atoms with Crippen molar-refractivity contribution in [1.82, 2.24) is 0 Å². The highest BCUT2D eigenvalue weighted by molar-refractivity contribution is 7.85. The molecule has 0 N–H and O–H groups in total. The van der Waals surface area contributed by atoms with Crippen LogP contribution in [0.4, 0.5) is 0 Å². The zero-order valence-corrected chi connectivity index (χ0v) is 20.5. The highest BCUT2D eigenvalue weighted by atomic mass is 32.2. The maximum atomic E-state index is 10.8. The first kappa shape index (κ1) is 28.6. The number of hydrogen-bond donors (Lipinski definition) is 0. The smallest absolute Gasteiger partial charge is 0.264 e. The molecule has 0 atom stereocenters. The van der Waals surface area contributed by atoms with E-state index >= 15 is 0 Å². The van der Waals surface area contributed by atoms with Crippen LogP contribution >= 0.6 is 0 Å². The maximum absolute atomic E-state index is 10.8. The second-order valence-electron chi connectivity index (χ2n) is 8.59. The van der Waals surface area contributed by atoms with Crippen LogP contribution in [-0.2, 0) is 14.3 Å². The van der Waals surface area contributed by atoms with Crippen LogP contribution in [0.15, 0.2) is 12.2 Å². The van der Waals surface area contributed by atoms with Crippen molar-refractivity contribution in [2.45, 2.75) is 135 Å². The molecule has 0 aromatic heterocycles. The van der Waals surface area contributed by atoms with Crippen molar-refractivity contribution >= 4 is 10.1 Å². The monoisotopic (exact) mass is 430 g/mol. The molecule has 0 amide bonds. The molecule has 0 radical (unpaired) electrons. The van der Waals surface area contributed by atoms with Crippen LogP contribution in [0.5, 0.6) is 0 Å². The highest BCUT2D eigenvalue weighted by Gasteiger charge is 2.00. The van der Waals surface area contributed by atoms with Crippen LogP contribution in [0.25, 0.3) is 0 Å². The molecular formula is C25H50O3S. The van der Waals surface area contributed by atoms with Gasteiger partial charge in [0.25, 0.3) is 10.1 Å². The topological polar surface area (TPSA) is 43.4 Å². The molecule has 0 unspecified atom stereocenters. The quantitative estimate of drug-likeness (QED) is 0.0929. The van der Waals surface area contributed by atoms with Gasteiger partial charge in [0.1, 0.15) is 0 Å². The Morgan fingerprint density at radius 2 is 0.897 bits per heavy atom. The zero-order chi connectivity index (χ0) is 21.5. The summed E-state index contributed by atoms with van der Waals surface area (Å²) in [4.78, 5) is 0. The average Bonchev–Trinajstić information content (AvgIpc) is 2.67. The lowest BCUT2D eigenvalue weighted by Crippen LogP contribution is -2.03. The molecule has 0 aliphatic carbocycles. The van der Waals surface area contributed by atoms with Crippen molar-refractivity contribution in [3.8, 4) is 0 Å². The fraction of sp³-hybridized carbons (Fsp3) is 0.920. The third kappa shape index (κ3) is 27.7. The average molecular weight is 431 g/mol. The van der Waals surface area contributed by atoms with Gasteiger partial charge < -0.3 is 0 Å². The standard InChI is InChI=1S/C25H50O3S/c1-3-4-5-6-7-8-9-10-11-12-13-14-15-16-17-18-19-20-21-22-23-24-25-28-29(2,26)27/h10-11H,3-9,12-25H2,1-2H3/b11-10+. The first-order valence-electron chi connectivity index (χ1n) is 12.6. The predicted molar refractivity (Wildman–Crippen MR) is 128 cm³/mol. The third-order valence-electron chi connectivity index (χ3n) is 5.45. The van der Waals surface area contributed by atoms with Gasteiger partial charge in [-0.1, -0.05) is 115 Å². The summed E-state index contributed by atoms with van der Waals surface area (Å²) in [5, 5.41) is 0. The molecule has 0 bridgehead atoms. The van der Waals surface area contributed by atoms with E-state index in [1.165, 1.54) is 116 Å². The van der Waals surface area contributed by atoms with Gasteiger partial charge in [-0.05, 0) is 32.1 Å². The van der Waals surface area contributed by atoms with E-state index in [0.717, 1.165) is 19.1 Å². The Bertz CT molecular complexity index is 443. The molecule has 0 spiro atoms. The molecule has 0 aromatic rings. The normalized spacial score (nSPS) is 12.2. The summed E-state index contributed by atoms with van der Waals surface area (Å²) in [5.74, 6) is 0. The fourth-order valence-corrected chi connectivity index (χ4v) is 4.04. The Balaban J connectivity index is 3.10. The summed E-state index contributed by atoms with van der Waals surface area (Å²) >= 11 is 0. The molecule has 29 heavy (non-hydrogen) atoms. The SMILES string of the molecule is CCCCCCCC/C=C/CCCCCCCCCCCCCCOS(C)(=O)=O. The number of unbranched alkanes of at least 4 members (excludes halogenated alkanes) is 18. The molecule has 4 heteroatoms. The van der Waals surface area contributed by atoms with E-state index in [1.807, 2.05) is 0 Å². The van der Waals surface area contributed by atoms with Crippen molar-refractivity contribution in [2.75, 3.05) is 12.9 Å². The van der Waals surface area contributed by atoms with Crippen molar-refractivity contribution in [2.24, 2.45) is 0 Å². The van der Waals surface area contributed by atoms with Gasteiger partial charge in [0, 0.05) is 0 Å². The van der Waals surface area contributed by atoms with Gasteiger partial charge in [-0.2, -0.15) is 8.42 Å². The van der Waals surface area contributed by atoms with Crippen molar-refractivity contribution < 1.29 is 12.6 Å².